The van der Waals surface area contributed by atoms with Crippen LogP contribution in [0.2, 0.25) is 5.02 Å². The van der Waals surface area contributed by atoms with Crippen molar-refractivity contribution in [1.29, 1.82) is 0 Å². The number of hydrogen-bond donors (Lipinski definition) is 1. The molecule has 0 aromatic heterocycles. The Balaban J connectivity index is 1.62. The molecule has 0 aliphatic carbocycles. The highest BCUT2D eigenvalue weighted by atomic mass is 35.5. The molecule has 0 heterocycles. The highest BCUT2D eigenvalue weighted by molar-refractivity contribution is 6.32. The summed E-state index contributed by atoms with van der Waals surface area (Å²) in [6.07, 6.45) is 0. The summed E-state index contributed by atoms with van der Waals surface area (Å²) < 4.78 is 10.8. The van der Waals surface area contributed by atoms with Crippen LogP contribution in [0.5, 0.6) is 11.5 Å². The topological polar surface area (TPSA) is 47.6 Å². The Morgan fingerprint density at radius 3 is 2.48 bits per heavy atom. The summed E-state index contributed by atoms with van der Waals surface area (Å²) in [5, 5.41) is 3.26. The number of rotatable bonds is 7. The van der Waals surface area contributed by atoms with Crippen molar-refractivity contribution in [2.24, 2.45) is 0 Å². The van der Waals surface area contributed by atoms with Crippen LogP contribution < -0.4 is 14.8 Å². The van der Waals surface area contributed by atoms with E-state index in [0.29, 0.717) is 29.7 Å². The Labute approximate surface area is 128 Å². The van der Waals surface area contributed by atoms with Gasteiger partial charge < -0.3 is 14.8 Å². The molecule has 2 rings (SSSR count). The Bertz CT molecular complexity index is 575. The Morgan fingerprint density at radius 2 is 1.71 bits per heavy atom. The monoisotopic (exact) mass is 305 g/mol. The first-order chi connectivity index (χ1) is 10.3. The standard InChI is InChI=1S/C16H16ClNO3/c17-14-8-4-5-9-15(14)20-11-10-18-16(19)12-21-13-6-2-1-3-7-13/h1-9H,10-12H2,(H,18,19). The molecule has 5 heteroatoms. The molecule has 0 spiro atoms. The lowest BCUT2D eigenvalue weighted by Crippen LogP contribution is -2.32. The van der Waals surface area contributed by atoms with Gasteiger partial charge in [0, 0.05) is 0 Å². The van der Waals surface area contributed by atoms with Gasteiger partial charge in [-0.05, 0) is 24.3 Å². The second kappa shape index (κ2) is 8.17. The van der Waals surface area contributed by atoms with Gasteiger partial charge in [0.1, 0.15) is 18.1 Å². The van der Waals surface area contributed by atoms with Crippen molar-refractivity contribution in [2.75, 3.05) is 19.8 Å². The molecule has 0 saturated heterocycles. The summed E-state index contributed by atoms with van der Waals surface area (Å²) in [6, 6.07) is 16.4. The molecule has 0 unspecified atom stereocenters. The van der Waals surface area contributed by atoms with Crippen LogP contribution in [0.25, 0.3) is 0 Å². The zero-order valence-electron chi connectivity index (χ0n) is 11.4. The van der Waals surface area contributed by atoms with Crippen molar-refractivity contribution in [3.63, 3.8) is 0 Å². The van der Waals surface area contributed by atoms with E-state index < -0.39 is 0 Å². The zero-order chi connectivity index (χ0) is 14.9. The third-order valence-electron chi connectivity index (χ3n) is 2.63. The third kappa shape index (κ3) is 5.36. The van der Waals surface area contributed by atoms with E-state index in [0.717, 1.165) is 0 Å². The average molecular weight is 306 g/mol. The van der Waals surface area contributed by atoms with Crippen LogP contribution in [-0.4, -0.2) is 25.7 Å². The highest BCUT2D eigenvalue weighted by Crippen LogP contribution is 2.22. The van der Waals surface area contributed by atoms with Gasteiger partial charge in [-0.15, -0.1) is 0 Å². The fourth-order valence-corrected chi connectivity index (χ4v) is 1.82. The summed E-state index contributed by atoms with van der Waals surface area (Å²) in [5.74, 6) is 1.08. The van der Waals surface area contributed by atoms with E-state index in [1.54, 1.807) is 24.3 Å². The molecule has 0 aliphatic rings. The normalized spacial score (nSPS) is 9.95. The Morgan fingerprint density at radius 1 is 1.00 bits per heavy atom. The largest absolute Gasteiger partial charge is 0.490 e. The van der Waals surface area contributed by atoms with Crippen LogP contribution in [0.4, 0.5) is 0 Å². The molecule has 1 amide bonds. The SMILES string of the molecule is O=C(COc1ccccc1)NCCOc1ccccc1Cl. The number of para-hydroxylation sites is 2. The van der Waals surface area contributed by atoms with Crippen LogP contribution in [-0.2, 0) is 4.79 Å². The second-order valence-electron chi connectivity index (χ2n) is 4.23. The molecule has 21 heavy (non-hydrogen) atoms. The second-order valence-corrected chi connectivity index (χ2v) is 4.64. The van der Waals surface area contributed by atoms with Crippen molar-refractivity contribution in [2.45, 2.75) is 0 Å². The fraction of sp³-hybridized carbons (Fsp3) is 0.188. The minimum Gasteiger partial charge on any atom is -0.490 e. The molecule has 2 aromatic carbocycles. The average Bonchev–Trinajstić information content (AvgIpc) is 2.52. The van der Waals surface area contributed by atoms with E-state index in [4.69, 9.17) is 21.1 Å². The van der Waals surface area contributed by atoms with E-state index in [1.807, 2.05) is 30.3 Å². The van der Waals surface area contributed by atoms with Crippen molar-refractivity contribution in [1.82, 2.24) is 5.32 Å². The minimum atomic E-state index is -0.193. The molecule has 110 valence electrons. The number of amides is 1. The molecule has 4 nitrogen and oxygen atoms in total. The van der Waals surface area contributed by atoms with Gasteiger partial charge in [-0.25, -0.2) is 0 Å². The van der Waals surface area contributed by atoms with Crippen LogP contribution in [0, 0.1) is 0 Å². The van der Waals surface area contributed by atoms with E-state index in [1.165, 1.54) is 0 Å². The summed E-state index contributed by atoms with van der Waals surface area (Å²) in [5.41, 5.74) is 0. The van der Waals surface area contributed by atoms with Gasteiger partial charge in [0.25, 0.3) is 5.91 Å². The quantitative estimate of drug-likeness (QED) is 0.800. The maximum Gasteiger partial charge on any atom is 0.258 e. The van der Waals surface area contributed by atoms with Crippen LogP contribution in [0.15, 0.2) is 54.6 Å². The number of halogens is 1. The Hall–Kier alpha value is -2.20. The lowest BCUT2D eigenvalue weighted by molar-refractivity contribution is -0.123. The number of ether oxygens (including phenoxy) is 2. The van der Waals surface area contributed by atoms with Gasteiger partial charge in [-0.2, -0.15) is 0 Å². The summed E-state index contributed by atoms with van der Waals surface area (Å²) >= 11 is 5.95. The minimum absolute atomic E-state index is 0.0178. The highest BCUT2D eigenvalue weighted by Gasteiger charge is 2.03. The molecule has 0 radical (unpaired) electrons. The molecule has 2 aromatic rings. The van der Waals surface area contributed by atoms with Gasteiger partial charge in [-0.1, -0.05) is 41.9 Å². The molecular weight excluding hydrogens is 290 g/mol. The van der Waals surface area contributed by atoms with Gasteiger partial charge in [0.05, 0.1) is 11.6 Å². The predicted molar refractivity (Wildman–Crippen MR) is 81.9 cm³/mol. The molecule has 0 saturated carbocycles. The number of carbonyl (C=O) groups excluding carboxylic acids is 1. The number of benzene rings is 2. The predicted octanol–water partition coefficient (Wildman–Crippen LogP) is 2.91. The molecule has 0 fully saturated rings. The van der Waals surface area contributed by atoms with E-state index in [2.05, 4.69) is 5.32 Å². The fourth-order valence-electron chi connectivity index (χ4n) is 1.63. The van der Waals surface area contributed by atoms with Gasteiger partial charge in [0.2, 0.25) is 0 Å². The van der Waals surface area contributed by atoms with E-state index in [-0.39, 0.29) is 12.5 Å². The number of nitrogens with one attached hydrogen (secondary N) is 1. The first-order valence-electron chi connectivity index (χ1n) is 6.57. The van der Waals surface area contributed by atoms with Crippen LogP contribution >= 0.6 is 11.6 Å². The lowest BCUT2D eigenvalue weighted by Gasteiger charge is -2.09. The van der Waals surface area contributed by atoms with Crippen molar-refractivity contribution < 1.29 is 14.3 Å². The number of hydrogen-bond acceptors (Lipinski definition) is 3. The first kappa shape index (κ1) is 15.2. The van der Waals surface area contributed by atoms with Crippen molar-refractivity contribution in [3.8, 4) is 11.5 Å². The molecule has 0 atom stereocenters. The maximum absolute atomic E-state index is 11.6. The van der Waals surface area contributed by atoms with Crippen LogP contribution in [0.3, 0.4) is 0 Å². The maximum atomic E-state index is 11.6. The van der Waals surface area contributed by atoms with Gasteiger partial charge >= 0.3 is 0 Å². The van der Waals surface area contributed by atoms with Gasteiger partial charge in [-0.3, -0.25) is 4.79 Å². The number of carbonyl (C=O) groups is 1. The molecule has 0 bridgehead atoms. The van der Waals surface area contributed by atoms with Crippen molar-refractivity contribution in [3.05, 3.63) is 59.6 Å². The molecular formula is C16H16ClNO3. The molecule has 0 aliphatic heterocycles. The zero-order valence-corrected chi connectivity index (χ0v) is 12.2. The summed E-state index contributed by atoms with van der Waals surface area (Å²) in [4.78, 5) is 11.6. The van der Waals surface area contributed by atoms with Gasteiger partial charge in [0.15, 0.2) is 6.61 Å². The van der Waals surface area contributed by atoms with E-state index >= 15 is 0 Å². The smallest absolute Gasteiger partial charge is 0.258 e. The summed E-state index contributed by atoms with van der Waals surface area (Å²) in [7, 11) is 0. The Kier molecular flexibility index (Phi) is 5.91. The molecule has 1 N–H and O–H groups in total. The first-order valence-corrected chi connectivity index (χ1v) is 6.95. The van der Waals surface area contributed by atoms with E-state index in [9.17, 15) is 4.79 Å². The summed E-state index contributed by atoms with van der Waals surface area (Å²) in [6.45, 7) is 0.721. The van der Waals surface area contributed by atoms with Crippen molar-refractivity contribution >= 4 is 17.5 Å². The lowest BCUT2D eigenvalue weighted by atomic mass is 10.3. The van der Waals surface area contributed by atoms with Crippen LogP contribution in [0.1, 0.15) is 0 Å². The third-order valence-corrected chi connectivity index (χ3v) is 2.94.